The number of hydrogen-bond acceptors (Lipinski definition) is 2. The predicted octanol–water partition coefficient (Wildman–Crippen LogP) is 4.87. The van der Waals surface area contributed by atoms with Gasteiger partial charge in [-0.2, -0.15) is 0 Å². The Kier molecular flexibility index (Phi) is 5.55. The molecule has 4 aliphatic carbocycles. The van der Waals surface area contributed by atoms with Gasteiger partial charge in [-0.25, -0.2) is 0 Å². The molecule has 0 saturated heterocycles. The maximum atomic E-state index is 6.45. The third-order valence-corrected chi connectivity index (χ3v) is 9.63. The molecule has 0 aromatic rings. The number of fused-ring (bicyclic) bond motifs is 2. The second kappa shape index (κ2) is 8.11. The molecule has 3 heteroatoms. The summed E-state index contributed by atoms with van der Waals surface area (Å²) in [6.07, 6.45) is 1.89. The van der Waals surface area contributed by atoms with Crippen molar-refractivity contribution in [3.8, 4) is 22.3 Å². The molecule has 0 spiro atoms. The van der Waals surface area contributed by atoms with Crippen molar-refractivity contribution in [2.24, 2.45) is 0 Å². The van der Waals surface area contributed by atoms with Crippen LogP contribution >= 0.6 is 0 Å². The third kappa shape index (κ3) is 3.10. The Morgan fingerprint density at radius 1 is 0.621 bits per heavy atom. The first-order chi connectivity index (χ1) is 14.2. The molecule has 0 radical (unpaired) electrons. The molecule has 4 aliphatic rings. The van der Waals surface area contributed by atoms with E-state index in [0.717, 1.165) is 12.8 Å². The highest BCUT2D eigenvalue weighted by Gasteiger charge is 2.48. The summed E-state index contributed by atoms with van der Waals surface area (Å²) in [4.78, 5) is 0. The second-order valence-corrected chi connectivity index (χ2v) is 10.4. The van der Waals surface area contributed by atoms with Crippen molar-refractivity contribution >= 4 is 18.9 Å². The largest absolute Gasteiger partial charge is 0.408 e. The van der Waals surface area contributed by atoms with Gasteiger partial charge in [-0.3, -0.25) is 0 Å². The average Bonchev–Trinajstić information content (AvgIpc) is 3.07. The molecule has 0 amide bonds. The van der Waals surface area contributed by atoms with Crippen molar-refractivity contribution in [3.05, 3.63) is 83.9 Å². The van der Waals surface area contributed by atoms with Gasteiger partial charge in [0.25, 0.3) is 0 Å². The highest BCUT2D eigenvalue weighted by atomic mass is 28.4. The zero-order valence-electron chi connectivity index (χ0n) is 17.7. The minimum Gasteiger partial charge on any atom is -0.391 e. The minimum atomic E-state index is -2.92. The summed E-state index contributed by atoms with van der Waals surface area (Å²) in [6, 6.07) is 26.0. The molecule has 29 heavy (non-hydrogen) atoms. The van der Waals surface area contributed by atoms with Crippen molar-refractivity contribution in [3.63, 3.8) is 0 Å². The van der Waals surface area contributed by atoms with Crippen molar-refractivity contribution < 1.29 is 8.85 Å². The fraction of sp³-hybridized carbons (Fsp3) is 0.231. The lowest BCUT2D eigenvalue weighted by Gasteiger charge is -2.31. The highest BCUT2D eigenvalue weighted by molar-refractivity contribution is 6.95. The summed E-state index contributed by atoms with van der Waals surface area (Å²) in [6.45, 7) is 4.43. The van der Waals surface area contributed by atoms with E-state index >= 15 is 0 Å². The fourth-order valence-electron chi connectivity index (χ4n) is 4.65. The van der Waals surface area contributed by atoms with Crippen LogP contribution in [0.3, 0.4) is 0 Å². The number of rotatable bonds is 6. The Labute approximate surface area is 175 Å². The molecule has 0 saturated carbocycles. The van der Waals surface area contributed by atoms with Crippen LogP contribution in [-0.2, 0) is 21.7 Å². The molecule has 0 bridgehead atoms. The third-order valence-electron chi connectivity index (χ3n) is 5.98. The lowest BCUT2D eigenvalue weighted by Crippen LogP contribution is -2.64. The Bertz CT molecular complexity index is 985. The molecule has 0 N–H and O–H groups in total. The maximum Gasteiger partial charge on any atom is 0.408 e. The van der Waals surface area contributed by atoms with Gasteiger partial charge in [-0.05, 0) is 46.2 Å². The van der Waals surface area contributed by atoms with E-state index in [4.69, 9.17) is 8.85 Å². The minimum absolute atomic E-state index is 0.947. The highest BCUT2D eigenvalue weighted by Crippen LogP contribution is 2.32. The summed E-state index contributed by atoms with van der Waals surface area (Å²) in [5.74, 6) is 0. The molecular formula is C26H28O2Si. The Hall–Kier alpha value is -2.46. The number of aryl methyl sites for hydroxylation is 2. The summed E-state index contributed by atoms with van der Waals surface area (Å²) in [5.41, 5.74) is 7.59. The van der Waals surface area contributed by atoms with E-state index in [1.165, 1.54) is 43.8 Å². The van der Waals surface area contributed by atoms with Crippen LogP contribution in [0, 0.1) is 0 Å². The topological polar surface area (TPSA) is 18.5 Å². The van der Waals surface area contributed by atoms with Gasteiger partial charge in [-0.1, -0.05) is 86.6 Å². The molecule has 2 nitrogen and oxygen atoms in total. The number of hydrogen-bond donors (Lipinski definition) is 0. The van der Waals surface area contributed by atoms with E-state index in [1.54, 1.807) is 0 Å². The van der Waals surface area contributed by atoms with Gasteiger partial charge in [-0.15, -0.1) is 0 Å². The molecule has 0 heterocycles. The molecule has 148 valence electrons. The van der Waals surface area contributed by atoms with E-state index in [2.05, 4.69) is 86.6 Å². The zero-order chi connectivity index (χ0) is 20.4. The molecular weight excluding hydrogens is 372 g/mol. The Balaban J connectivity index is 2.10. The summed E-state index contributed by atoms with van der Waals surface area (Å²) >= 11 is 0. The Morgan fingerprint density at radius 2 is 1.03 bits per heavy atom. The molecule has 0 aromatic carbocycles. The van der Waals surface area contributed by atoms with Crippen LogP contribution in [0.4, 0.5) is 0 Å². The Morgan fingerprint density at radius 3 is 1.41 bits per heavy atom. The predicted molar refractivity (Wildman–Crippen MR) is 124 cm³/mol. The lowest BCUT2D eigenvalue weighted by molar-refractivity contribution is 0.272. The van der Waals surface area contributed by atoms with E-state index in [-0.39, 0.29) is 0 Å². The maximum absolute atomic E-state index is 6.45. The first-order valence-corrected chi connectivity index (χ1v) is 12.1. The lowest BCUT2D eigenvalue weighted by atomic mass is 10.2. The van der Waals surface area contributed by atoms with Gasteiger partial charge in [0, 0.05) is 24.6 Å². The van der Waals surface area contributed by atoms with Gasteiger partial charge in [0.05, 0.1) is 0 Å². The molecule has 4 rings (SSSR count). The van der Waals surface area contributed by atoms with Crippen LogP contribution in [0.1, 0.15) is 25.0 Å². The smallest absolute Gasteiger partial charge is 0.391 e. The van der Waals surface area contributed by atoms with Gasteiger partial charge in [0.1, 0.15) is 0 Å². The van der Waals surface area contributed by atoms with E-state index < -0.39 is 8.56 Å². The average molecular weight is 401 g/mol. The zero-order valence-corrected chi connectivity index (χ0v) is 18.7. The summed E-state index contributed by atoms with van der Waals surface area (Å²) in [5, 5.41) is 2.51. The first kappa shape index (κ1) is 19.8. The molecule has 0 unspecified atom stereocenters. The van der Waals surface area contributed by atoms with Gasteiger partial charge >= 0.3 is 8.56 Å². The van der Waals surface area contributed by atoms with Crippen LogP contribution in [0.15, 0.2) is 72.8 Å². The van der Waals surface area contributed by atoms with E-state index in [1.807, 2.05) is 14.2 Å². The van der Waals surface area contributed by atoms with E-state index in [9.17, 15) is 0 Å². The quantitative estimate of drug-likeness (QED) is 0.430. The van der Waals surface area contributed by atoms with Crippen molar-refractivity contribution in [1.82, 2.24) is 0 Å². The van der Waals surface area contributed by atoms with Crippen LogP contribution in [-0.4, -0.2) is 22.8 Å². The van der Waals surface area contributed by atoms with Gasteiger partial charge < -0.3 is 8.85 Å². The van der Waals surface area contributed by atoms with Crippen LogP contribution in [0.25, 0.3) is 22.3 Å². The monoisotopic (exact) mass is 400 g/mol. The van der Waals surface area contributed by atoms with E-state index in [0.29, 0.717) is 0 Å². The van der Waals surface area contributed by atoms with Gasteiger partial charge in [0.2, 0.25) is 0 Å². The second-order valence-electron chi connectivity index (χ2n) is 7.38. The van der Waals surface area contributed by atoms with Gasteiger partial charge in [0.15, 0.2) is 0 Å². The van der Waals surface area contributed by atoms with Crippen LogP contribution in [0.5, 0.6) is 0 Å². The summed E-state index contributed by atoms with van der Waals surface area (Å²) < 4.78 is 12.9. The summed E-state index contributed by atoms with van der Waals surface area (Å²) in [7, 11) is 0.712. The first-order valence-electron chi connectivity index (χ1n) is 10.3. The van der Waals surface area contributed by atoms with Crippen LogP contribution in [0.2, 0.25) is 0 Å². The fourth-order valence-corrected chi connectivity index (χ4v) is 8.39. The SMILES string of the molecule is CCc1cc2cccccc-2c1[Si](OC)(OC)c1c(CC)cc2cccccc1-2. The van der Waals surface area contributed by atoms with Crippen LogP contribution < -0.4 is 10.4 Å². The molecule has 0 atom stereocenters. The van der Waals surface area contributed by atoms with Crippen molar-refractivity contribution in [2.75, 3.05) is 14.2 Å². The van der Waals surface area contributed by atoms with Crippen molar-refractivity contribution in [1.29, 1.82) is 0 Å². The molecule has 0 fully saturated rings. The standard InChI is InChI=1S/C26H28O2Si/c1-5-19-17-21-13-9-7-11-15-23(21)25(19)29(27-3,28-4)26-20(6-2)18-22-14-10-8-12-16-24(22)26/h7-18H,5-6H2,1-4H3. The molecule has 0 aromatic heterocycles. The molecule has 0 aliphatic heterocycles. The normalized spacial score (nSPS) is 12.0. The van der Waals surface area contributed by atoms with Crippen molar-refractivity contribution in [2.45, 2.75) is 26.7 Å².